The maximum absolute atomic E-state index is 12.7. The zero-order valence-corrected chi connectivity index (χ0v) is 9.29. The lowest BCUT2D eigenvalue weighted by Crippen LogP contribution is -2.20. The van der Waals surface area contributed by atoms with Crippen molar-refractivity contribution in [2.75, 3.05) is 20.3 Å². The van der Waals surface area contributed by atoms with E-state index >= 15 is 0 Å². The van der Waals surface area contributed by atoms with Crippen LogP contribution in [0.5, 0.6) is 0 Å². The average molecular weight is 211 g/mol. The Morgan fingerprint density at radius 3 is 2.60 bits per heavy atom. The fourth-order valence-corrected chi connectivity index (χ4v) is 1.40. The molecule has 3 heteroatoms. The van der Waals surface area contributed by atoms with Gasteiger partial charge in [-0.1, -0.05) is 12.1 Å². The molecule has 84 valence electrons. The van der Waals surface area contributed by atoms with Gasteiger partial charge < -0.3 is 10.1 Å². The van der Waals surface area contributed by atoms with Crippen LogP contribution in [0.3, 0.4) is 0 Å². The van der Waals surface area contributed by atoms with Crippen molar-refractivity contribution < 1.29 is 9.13 Å². The van der Waals surface area contributed by atoms with Crippen LogP contribution >= 0.6 is 0 Å². The molecule has 0 radical (unpaired) electrons. The fraction of sp³-hybridized carbons (Fsp3) is 0.500. The molecule has 0 aromatic heterocycles. The molecule has 1 aromatic rings. The molecular weight excluding hydrogens is 193 g/mol. The Morgan fingerprint density at radius 2 is 2.00 bits per heavy atom. The summed E-state index contributed by atoms with van der Waals surface area (Å²) in [5, 5.41) is 3.35. The van der Waals surface area contributed by atoms with Gasteiger partial charge in [0.2, 0.25) is 0 Å². The standard InChI is InChI=1S/C12H18FNO/c1-10(14-8-3-9-15-2)11-4-6-12(13)7-5-11/h4-7,10,14H,3,8-9H2,1-2H3. The van der Waals surface area contributed by atoms with Crippen molar-refractivity contribution in [2.45, 2.75) is 19.4 Å². The minimum absolute atomic E-state index is 0.190. The molecule has 2 nitrogen and oxygen atoms in total. The number of nitrogens with one attached hydrogen (secondary N) is 1. The summed E-state index contributed by atoms with van der Waals surface area (Å²) in [5.41, 5.74) is 1.11. The van der Waals surface area contributed by atoms with Gasteiger partial charge in [-0.05, 0) is 37.6 Å². The van der Waals surface area contributed by atoms with Crippen LogP contribution in [0.1, 0.15) is 24.9 Å². The lowest BCUT2D eigenvalue weighted by atomic mass is 10.1. The highest BCUT2D eigenvalue weighted by molar-refractivity contribution is 5.19. The van der Waals surface area contributed by atoms with Gasteiger partial charge in [-0.2, -0.15) is 0 Å². The van der Waals surface area contributed by atoms with E-state index in [0.717, 1.165) is 25.1 Å². The predicted molar refractivity (Wildman–Crippen MR) is 59.3 cm³/mol. The molecule has 1 rings (SSSR count). The molecule has 0 spiro atoms. The van der Waals surface area contributed by atoms with E-state index in [0.29, 0.717) is 0 Å². The molecule has 0 amide bonds. The monoisotopic (exact) mass is 211 g/mol. The van der Waals surface area contributed by atoms with Crippen molar-refractivity contribution in [3.63, 3.8) is 0 Å². The van der Waals surface area contributed by atoms with E-state index in [1.165, 1.54) is 12.1 Å². The quantitative estimate of drug-likeness (QED) is 0.730. The zero-order chi connectivity index (χ0) is 11.1. The largest absolute Gasteiger partial charge is 0.385 e. The maximum atomic E-state index is 12.7. The first-order valence-electron chi connectivity index (χ1n) is 5.22. The van der Waals surface area contributed by atoms with Crippen LogP contribution in [0.2, 0.25) is 0 Å². The Kier molecular flexibility index (Phi) is 5.29. The van der Waals surface area contributed by atoms with Gasteiger partial charge in [0.05, 0.1) is 0 Å². The topological polar surface area (TPSA) is 21.3 Å². The van der Waals surface area contributed by atoms with E-state index in [4.69, 9.17) is 4.74 Å². The summed E-state index contributed by atoms with van der Waals surface area (Å²) in [6, 6.07) is 6.85. The molecule has 0 bridgehead atoms. The van der Waals surface area contributed by atoms with Crippen LogP contribution in [0.15, 0.2) is 24.3 Å². The van der Waals surface area contributed by atoms with Crippen molar-refractivity contribution in [1.82, 2.24) is 5.32 Å². The molecule has 0 saturated heterocycles. The van der Waals surface area contributed by atoms with E-state index in [2.05, 4.69) is 12.2 Å². The van der Waals surface area contributed by atoms with Crippen molar-refractivity contribution in [3.05, 3.63) is 35.6 Å². The Labute approximate surface area is 90.4 Å². The van der Waals surface area contributed by atoms with Gasteiger partial charge >= 0.3 is 0 Å². The first-order valence-corrected chi connectivity index (χ1v) is 5.22. The van der Waals surface area contributed by atoms with Crippen molar-refractivity contribution in [2.24, 2.45) is 0 Å². The Morgan fingerprint density at radius 1 is 1.33 bits per heavy atom. The van der Waals surface area contributed by atoms with Crippen LogP contribution in [0.25, 0.3) is 0 Å². The number of halogens is 1. The van der Waals surface area contributed by atoms with Crippen LogP contribution in [-0.2, 0) is 4.74 Å². The molecule has 1 unspecified atom stereocenters. The molecule has 0 aliphatic rings. The van der Waals surface area contributed by atoms with Crippen LogP contribution in [0.4, 0.5) is 4.39 Å². The molecule has 0 heterocycles. The Bertz CT molecular complexity index is 273. The van der Waals surface area contributed by atoms with E-state index in [-0.39, 0.29) is 11.9 Å². The van der Waals surface area contributed by atoms with Gasteiger partial charge in [0.15, 0.2) is 0 Å². The molecule has 0 aliphatic heterocycles. The van der Waals surface area contributed by atoms with Gasteiger partial charge in [0.25, 0.3) is 0 Å². The highest BCUT2D eigenvalue weighted by Gasteiger charge is 2.03. The molecule has 1 atom stereocenters. The summed E-state index contributed by atoms with van der Waals surface area (Å²) in [5.74, 6) is -0.190. The number of methoxy groups -OCH3 is 1. The predicted octanol–water partition coefficient (Wildman–Crippen LogP) is 2.51. The highest BCUT2D eigenvalue weighted by Crippen LogP contribution is 2.12. The van der Waals surface area contributed by atoms with Crippen LogP contribution in [0, 0.1) is 5.82 Å². The maximum Gasteiger partial charge on any atom is 0.123 e. The van der Waals surface area contributed by atoms with Crippen molar-refractivity contribution >= 4 is 0 Å². The minimum atomic E-state index is -0.190. The third kappa shape index (κ3) is 4.40. The molecule has 0 aliphatic carbocycles. The minimum Gasteiger partial charge on any atom is -0.385 e. The molecule has 1 aromatic carbocycles. The summed E-state index contributed by atoms with van der Waals surface area (Å²) in [6.45, 7) is 3.75. The summed E-state index contributed by atoms with van der Waals surface area (Å²) in [6.07, 6.45) is 0.988. The SMILES string of the molecule is COCCCNC(C)c1ccc(F)cc1. The normalized spacial score (nSPS) is 12.7. The van der Waals surface area contributed by atoms with Crippen LogP contribution < -0.4 is 5.32 Å². The van der Waals surface area contributed by atoms with Gasteiger partial charge in [-0.25, -0.2) is 4.39 Å². The summed E-state index contributed by atoms with van der Waals surface area (Å²) in [7, 11) is 1.70. The van der Waals surface area contributed by atoms with E-state index in [9.17, 15) is 4.39 Å². The van der Waals surface area contributed by atoms with Gasteiger partial charge in [0.1, 0.15) is 5.82 Å². The summed E-state index contributed by atoms with van der Waals surface area (Å²) in [4.78, 5) is 0. The van der Waals surface area contributed by atoms with Crippen LogP contribution in [-0.4, -0.2) is 20.3 Å². The lowest BCUT2D eigenvalue weighted by molar-refractivity contribution is 0.193. The van der Waals surface area contributed by atoms with E-state index < -0.39 is 0 Å². The Hall–Kier alpha value is -0.930. The Balaban J connectivity index is 2.33. The fourth-order valence-electron chi connectivity index (χ4n) is 1.40. The third-order valence-corrected chi connectivity index (χ3v) is 2.35. The third-order valence-electron chi connectivity index (χ3n) is 2.35. The second-order valence-corrected chi connectivity index (χ2v) is 3.57. The first-order chi connectivity index (χ1) is 7.24. The van der Waals surface area contributed by atoms with Gasteiger partial charge in [-0.15, -0.1) is 0 Å². The lowest BCUT2D eigenvalue weighted by Gasteiger charge is -2.13. The zero-order valence-electron chi connectivity index (χ0n) is 9.29. The molecular formula is C12H18FNO. The summed E-state index contributed by atoms with van der Waals surface area (Å²) < 4.78 is 17.6. The molecule has 0 fully saturated rings. The van der Waals surface area contributed by atoms with E-state index in [1.54, 1.807) is 7.11 Å². The van der Waals surface area contributed by atoms with Gasteiger partial charge in [-0.3, -0.25) is 0 Å². The van der Waals surface area contributed by atoms with Crippen molar-refractivity contribution in [3.8, 4) is 0 Å². The molecule has 0 saturated carbocycles. The smallest absolute Gasteiger partial charge is 0.123 e. The number of rotatable bonds is 6. The summed E-state index contributed by atoms with van der Waals surface area (Å²) >= 11 is 0. The number of ether oxygens (including phenoxy) is 1. The number of hydrogen-bond donors (Lipinski definition) is 1. The molecule has 15 heavy (non-hydrogen) atoms. The first kappa shape index (κ1) is 12.1. The van der Waals surface area contributed by atoms with Gasteiger partial charge in [0, 0.05) is 19.8 Å². The average Bonchev–Trinajstić information content (AvgIpc) is 2.25. The highest BCUT2D eigenvalue weighted by atomic mass is 19.1. The second kappa shape index (κ2) is 6.53. The number of hydrogen-bond acceptors (Lipinski definition) is 2. The van der Waals surface area contributed by atoms with E-state index in [1.807, 2.05) is 12.1 Å². The molecule has 1 N–H and O–H groups in total. The number of benzene rings is 1. The van der Waals surface area contributed by atoms with Crippen molar-refractivity contribution in [1.29, 1.82) is 0 Å². The second-order valence-electron chi connectivity index (χ2n) is 3.57.